The molecule has 0 bridgehead atoms. The van der Waals surface area contributed by atoms with Crippen LogP contribution in [0.4, 0.5) is 5.13 Å². The van der Waals surface area contributed by atoms with Crippen LogP contribution in [0.5, 0.6) is 11.5 Å². The number of rotatable bonds is 4. The highest BCUT2D eigenvalue weighted by atomic mass is 127. The smallest absolute Gasteiger partial charge is 0.257 e. The highest BCUT2D eigenvalue weighted by Gasteiger charge is 2.13. The van der Waals surface area contributed by atoms with Gasteiger partial charge in [-0.2, -0.15) is 0 Å². The molecule has 0 aliphatic rings. The number of benzene rings is 2. The molecule has 0 radical (unpaired) electrons. The summed E-state index contributed by atoms with van der Waals surface area (Å²) in [7, 11) is 3.09. The standard InChI is InChI=1S/C16H13IN2O3S/c1-21-12-6-3-9(7-13(12)22-2)15(20)19-16-18-11-5-4-10(17)8-14(11)23-16/h3-8H,1-2H3,(H,18,19,20). The lowest BCUT2D eigenvalue weighted by Gasteiger charge is -2.09. The van der Waals surface area contributed by atoms with E-state index in [2.05, 4.69) is 32.9 Å². The molecule has 0 unspecified atom stereocenters. The molecule has 0 fully saturated rings. The van der Waals surface area contributed by atoms with Crippen LogP contribution in [0.15, 0.2) is 36.4 Å². The average molecular weight is 440 g/mol. The minimum Gasteiger partial charge on any atom is -0.493 e. The van der Waals surface area contributed by atoms with Crippen molar-refractivity contribution < 1.29 is 14.3 Å². The van der Waals surface area contributed by atoms with E-state index in [0.29, 0.717) is 22.2 Å². The lowest BCUT2D eigenvalue weighted by Crippen LogP contribution is -2.11. The summed E-state index contributed by atoms with van der Waals surface area (Å²) in [5.74, 6) is 0.859. The molecule has 3 rings (SSSR count). The minimum absolute atomic E-state index is 0.236. The number of amides is 1. The first-order chi connectivity index (χ1) is 11.1. The molecular weight excluding hydrogens is 427 g/mol. The second-order valence-corrected chi connectivity index (χ2v) is 6.93. The molecule has 7 heteroatoms. The van der Waals surface area contributed by atoms with E-state index in [1.165, 1.54) is 18.4 Å². The molecule has 0 atom stereocenters. The van der Waals surface area contributed by atoms with Gasteiger partial charge in [-0.3, -0.25) is 10.1 Å². The van der Waals surface area contributed by atoms with Crippen LogP contribution >= 0.6 is 33.9 Å². The van der Waals surface area contributed by atoms with Gasteiger partial charge in [0.2, 0.25) is 0 Å². The average Bonchev–Trinajstić information content (AvgIpc) is 2.95. The summed E-state index contributed by atoms with van der Waals surface area (Å²) in [6.07, 6.45) is 0. The number of thiazole rings is 1. The second-order valence-electron chi connectivity index (χ2n) is 4.65. The van der Waals surface area contributed by atoms with Gasteiger partial charge in [0.1, 0.15) is 0 Å². The Labute approximate surface area is 150 Å². The molecule has 0 saturated heterocycles. The number of nitrogens with one attached hydrogen (secondary N) is 1. The highest BCUT2D eigenvalue weighted by Crippen LogP contribution is 2.30. The molecular formula is C16H13IN2O3S. The third-order valence-corrected chi connectivity index (χ3v) is 4.82. The highest BCUT2D eigenvalue weighted by molar-refractivity contribution is 14.1. The maximum absolute atomic E-state index is 12.4. The molecule has 2 aromatic carbocycles. The SMILES string of the molecule is COc1ccc(C(=O)Nc2nc3ccc(I)cc3s2)cc1OC. The summed E-state index contributed by atoms with van der Waals surface area (Å²) in [6.45, 7) is 0. The Balaban J connectivity index is 1.85. The fourth-order valence-corrected chi connectivity index (χ4v) is 3.70. The number of hydrogen-bond acceptors (Lipinski definition) is 5. The topological polar surface area (TPSA) is 60.5 Å². The zero-order valence-electron chi connectivity index (χ0n) is 12.4. The van der Waals surface area contributed by atoms with Crippen LogP contribution in [0.1, 0.15) is 10.4 Å². The van der Waals surface area contributed by atoms with Crippen molar-refractivity contribution in [1.29, 1.82) is 0 Å². The van der Waals surface area contributed by atoms with Crippen LogP contribution in [0.25, 0.3) is 10.2 Å². The summed E-state index contributed by atoms with van der Waals surface area (Å²) in [4.78, 5) is 16.8. The number of aromatic nitrogens is 1. The molecule has 0 aliphatic carbocycles. The molecule has 5 nitrogen and oxygen atoms in total. The monoisotopic (exact) mass is 440 g/mol. The third kappa shape index (κ3) is 3.40. The lowest BCUT2D eigenvalue weighted by molar-refractivity contribution is 0.102. The molecule has 0 aliphatic heterocycles. The minimum atomic E-state index is -0.236. The number of hydrogen-bond donors (Lipinski definition) is 1. The van der Waals surface area contributed by atoms with Gasteiger partial charge in [-0.15, -0.1) is 0 Å². The number of fused-ring (bicyclic) bond motifs is 1. The van der Waals surface area contributed by atoms with E-state index in [1.807, 2.05) is 18.2 Å². The van der Waals surface area contributed by atoms with Gasteiger partial charge in [0, 0.05) is 9.13 Å². The Morgan fingerprint density at radius 1 is 1.13 bits per heavy atom. The Kier molecular flexibility index (Phi) is 4.67. The number of methoxy groups -OCH3 is 2. The van der Waals surface area contributed by atoms with Crippen molar-refractivity contribution in [3.63, 3.8) is 0 Å². The van der Waals surface area contributed by atoms with Gasteiger partial charge < -0.3 is 9.47 Å². The predicted octanol–water partition coefficient (Wildman–Crippen LogP) is 4.17. The Morgan fingerprint density at radius 2 is 1.91 bits per heavy atom. The van der Waals surface area contributed by atoms with E-state index in [0.717, 1.165) is 13.8 Å². The summed E-state index contributed by atoms with van der Waals surface area (Å²) in [5.41, 5.74) is 1.36. The third-order valence-electron chi connectivity index (χ3n) is 3.22. The summed E-state index contributed by atoms with van der Waals surface area (Å²) in [6, 6.07) is 11.0. The second kappa shape index (κ2) is 6.71. The molecule has 0 saturated carbocycles. The summed E-state index contributed by atoms with van der Waals surface area (Å²) < 4.78 is 12.6. The van der Waals surface area contributed by atoms with E-state index in [-0.39, 0.29) is 5.91 Å². The number of ether oxygens (including phenoxy) is 2. The van der Waals surface area contributed by atoms with Crippen molar-refractivity contribution in [2.45, 2.75) is 0 Å². The van der Waals surface area contributed by atoms with Crippen molar-refractivity contribution >= 4 is 55.2 Å². The Hall–Kier alpha value is -1.87. The fourth-order valence-electron chi connectivity index (χ4n) is 2.10. The maximum atomic E-state index is 12.4. The van der Waals surface area contributed by atoms with E-state index >= 15 is 0 Å². The first kappa shape index (κ1) is 16.0. The van der Waals surface area contributed by atoms with Crippen molar-refractivity contribution in [3.05, 3.63) is 45.5 Å². The van der Waals surface area contributed by atoms with E-state index in [4.69, 9.17) is 9.47 Å². The molecule has 23 heavy (non-hydrogen) atoms. The van der Waals surface area contributed by atoms with Crippen LogP contribution in [-0.2, 0) is 0 Å². The van der Waals surface area contributed by atoms with Crippen molar-refractivity contribution in [2.24, 2.45) is 0 Å². The normalized spacial score (nSPS) is 10.6. The molecule has 3 aromatic rings. The van der Waals surface area contributed by atoms with Gasteiger partial charge in [-0.1, -0.05) is 11.3 Å². The number of nitrogens with zero attached hydrogens (tertiary/aromatic N) is 1. The number of carbonyl (C=O) groups is 1. The first-order valence-corrected chi connectivity index (χ1v) is 8.59. The van der Waals surface area contributed by atoms with E-state index in [9.17, 15) is 4.79 Å². The fraction of sp³-hybridized carbons (Fsp3) is 0.125. The van der Waals surface area contributed by atoms with Crippen LogP contribution in [0.3, 0.4) is 0 Å². The molecule has 1 aromatic heterocycles. The Morgan fingerprint density at radius 3 is 2.65 bits per heavy atom. The molecule has 118 valence electrons. The van der Waals surface area contributed by atoms with Gasteiger partial charge in [0.25, 0.3) is 5.91 Å². The van der Waals surface area contributed by atoms with Gasteiger partial charge >= 0.3 is 0 Å². The molecule has 1 heterocycles. The van der Waals surface area contributed by atoms with Crippen molar-refractivity contribution in [2.75, 3.05) is 19.5 Å². The summed E-state index contributed by atoms with van der Waals surface area (Å²) in [5, 5.41) is 3.40. The van der Waals surface area contributed by atoms with Crippen LogP contribution < -0.4 is 14.8 Å². The zero-order valence-corrected chi connectivity index (χ0v) is 15.4. The quantitative estimate of drug-likeness (QED) is 0.619. The number of halogens is 1. The van der Waals surface area contributed by atoms with Crippen LogP contribution in [0, 0.1) is 3.57 Å². The van der Waals surface area contributed by atoms with Crippen LogP contribution in [0.2, 0.25) is 0 Å². The number of carbonyl (C=O) groups excluding carboxylic acids is 1. The van der Waals surface area contributed by atoms with E-state index < -0.39 is 0 Å². The molecule has 1 N–H and O–H groups in total. The van der Waals surface area contributed by atoms with Gasteiger partial charge in [0.15, 0.2) is 16.6 Å². The van der Waals surface area contributed by atoms with Crippen molar-refractivity contribution in [1.82, 2.24) is 4.98 Å². The maximum Gasteiger partial charge on any atom is 0.257 e. The lowest BCUT2D eigenvalue weighted by atomic mass is 10.2. The Bertz CT molecular complexity index is 879. The largest absolute Gasteiger partial charge is 0.493 e. The van der Waals surface area contributed by atoms with Gasteiger partial charge in [-0.25, -0.2) is 4.98 Å². The van der Waals surface area contributed by atoms with Gasteiger partial charge in [0.05, 0.1) is 24.4 Å². The first-order valence-electron chi connectivity index (χ1n) is 6.70. The van der Waals surface area contributed by atoms with Crippen LogP contribution in [-0.4, -0.2) is 25.1 Å². The van der Waals surface area contributed by atoms with E-state index in [1.54, 1.807) is 25.3 Å². The van der Waals surface area contributed by atoms with Crippen molar-refractivity contribution in [3.8, 4) is 11.5 Å². The molecule has 1 amide bonds. The zero-order chi connectivity index (χ0) is 16.4. The van der Waals surface area contributed by atoms with Gasteiger partial charge in [-0.05, 0) is 59.0 Å². The number of anilines is 1. The summed E-state index contributed by atoms with van der Waals surface area (Å²) >= 11 is 3.70. The predicted molar refractivity (Wildman–Crippen MR) is 99.8 cm³/mol. The molecule has 0 spiro atoms.